The van der Waals surface area contributed by atoms with Crippen molar-refractivity contribution in [1.82, 2.24) is 10.3 Å². The van der Waals surface area contributed by atoms with Gasteiger partial charge in [-0.3, -0.25) is 4.79 Å². The highest BCUT2D eigenvalue weighted by molar-refractivity contribution is 5.87. The number of nitrogens with zero attached hydrogens (tertiary/aromatic N) is 1. The first-order chi connectivity index (χ1) is 9.65. The molecule has 1 N–H and O–H groups in total. The van der Waals surface area contributed by atoms with Crippen molar-refractivity contribution in [1.29, 1.82) is 0 Å². The number of carbonyl (C=O) groups excluding carboxylic acids is 2. The monoisotopic (exact) mass is 278 g/mol. The Morgan fingerprint density at radius 3 is 2.80 bits per heavy atom. The van der Waals surface area contributed by atoms with Crippen molar-refractivity contribution in [2.75, 3.05) is 14.2 Å². The van der Waals surface area contributed by atoms with Gasteiger partial charge in [0.1, 0.15) is 6.04 Å². The molecule has 108 valence electrons. The Morgan fingerprint density at radius 1 is 1.45 bits per heavy atom. The average molecular weight is 278 g/mol. The number of esters is 1. The maximum atomic E-state index is 11.8. The van der Waals surface area contributed by atoms with E-state index in [2.05, 4.69) is 10.3 Å². The smallest absolute Gasteiger partial charge is 0.328 e. The highest BCUT2D eigenvalue weighted by Gasteiger charge is 2.33. The average Bonchev–Trinajstić information content (AvgIpc) is 3.30. The second kappa shape index (κ2) is 6.36. The van der Waals surface area contributed by atoms with Gasteiger partial charge in [0.2, 0.25) is 11.8 Å². The van der Waals surface area contributed by atoms with Gasteiger partial charge in [0.15, 0.2) is 0 Å². The molecule has 1 heterocycles. The number of carbonyl (C=O) groups is 2. The van der Waals surface area contributed by atoms with E-state index in [9.17, 15) is 9.59 Å². The van der Waals surface area contributed by atoms with Crippen LogP contribution in [0.15, 0.2) is 18.3 Å². The van der Waals surface area contributed by atoms with E-state index in [1.807, 2.05) is 6.07 Å². The minimum absolute atomic E-state index is 0.0398. The Balaban J connectivity index is 2.10. The number of methoxy groups -OCH3 is 2. The van der Waals surface area contributed by atoms with Crippen LogP contribution in [0.3, 0.4) is 0 Å². The lowest BCUT2D eigenvalue weighted by atomic mass is 10.1. The molecular weight excluding hydrogens is 260 g/mol. The third kappa shape index (κ3) is 3.46. The Kier molecular flexibility index (Phi) is 4.55. The van der Waals surface area contributed by atoms with Crippen molar-refractivity contribution in [2.24, 2.45) is 5.92 Å². The molecule has 1 amide bonds. The molecule has 0 saturated heterocycles. The molecule has 0 unspecified atom stereocenters. The van der Waals surface area contributed by atoms with Gasteiger partial charge in [0.25, 0.3) is 0 Å². The molecule has 0 spiro atoms. The first-order valence-electron chi connectivity index (χ1n) is 6.51. The summed E-state index contributed by atoms with van der Waals surface area (Å²) in [4.78, 5) is 27.7. The van der Waals surface area contributed by atoms with Crippen LogP contribution in [0.2, 0.25) is 0 Å². The molecule has 1 fully saturated rings. The Morgan fingerprint density at radius 2 is 2.20 bits per heavy atom. The number of hydrogen-bond donors (Lipinski definition) is 1. The molecule has 1 saturated carbocycles. The predicted octanol–water partition coefficient (Wildman–Crippen LogP) is 0.700. The molecule has 20 heavy (non-hydrogen) atoms. The van der Waals surface area contributed by atoms with Crippen LogP contribution in [-0.2, 0) is 20.7 Å². The minimum atomic E-state index is -0.716. The van der Waals surface area contributed by atoms with Crippen LogP contribution in [-0.4, -0.2) is 37.1 Å². The van der Waals surface area contributed by atoms with E-state index in [1.165, 1.54) is 14.2 Å². The van der Waals surface area contributed by atoms with Crippen LogP contribution in [0, 0.1) is 5.92 Å². The molecule has 2 rings (SSSR count). The summed E-state index contributed by atoms with van der Waals surface area (Å²) in [6, 6.07) is 2.85. The number of hydrogen-bond acceptors (Lipinski definition) is 5. The molecule has 0 bridgehead atoms. The molecule has 6 nitrogen and oxygen atoms in total. The van der Waals surface area contributed by atoms with E-state index in [0.717, 1.165) is 18.4 Å². The van der Waals surface area contributed by atoms with Crippen molar-refractivity contribution in [3.8, 4) is 5.88 Å². The lowest BCUT2D eigenvalue weighted by Gasteiger charge is -2.17. The molecule has 1 atom stereocenters. The van der Waals surface area contributed by atoms with Gasteiger partial charge in [0.05, 0.1) is 14.2 Å². The van der Waals surface area contributed by atoms with Crippen molar-refractivity contribution in [3.63, 3.8) is 0 Å². The summed E-state index contributed by atoms with van der Waals surface area (Å²) in [6.45, 7) is 0. The number of rotatable bonds is 6. The SMILES string of the molecule is COC(=O)[C@@H](Cc1cccnc1OC)NC(=O)C1CC1. The molecule has 0 aliphatic heterocycles. The first-order valence-corrected chi connectivity index (χ1v) is 6.51. The van der Waals surface area contributed by atoms with Gasteiger partial charge in [0, 0.05) is 24.1 Å². The summed E-state index contributed by atoms with van der Waals surface area (Å²) >= 11 is 0. The van der Waals surface area contributed by atoms with Crippen LogP contribution in [0.5, 0.6) is 5.88 Å². The number of pyridine rings is 1. The van der Waals surface area contributed by atoms with Crippen LogP contribution in [0.4, 0.5) is 0 Å². The van der Waals surface area contributed by atoms with E-state index < -0.39 is 12.0 Å². The normalized spacial score (nSPS) is 15.3. The summed E-state index contributed by atoms with van der Waals surface area (Å²) in [5.74, 6) is -0.0758. The number of amides is 1. The van der Waals surface area contributed by atoms with E-state index >= 15 is 0 Å². The lowest BCUT2D eigenvalue weighted by molar-refractivity contribution is -0.145. The van der Waals surface area contributed by atoms with E-state index in [0.29, 0.717) is 12.3 Å². The highest BCUT2D eigenvalue weighted by Crippen LogP contribution is 2.29. The molecular formula is C14H18N2O4. The van der Waals surface area contributed by atoms with Gasteiger partial charge in [-0.2, -0.15) is 0 Å². The van der Waals surface area contributed by atoms with Gasteiger partial charge in [-0.1, -0.05) is 6.07 Å². The van der Waals surface area contributed by atoms with Crippen LogP contribution in [0.1, 0.15) is 18.4 Å². The van der Waals surface area contributed by atoms with E-state index in [4.69, 9.17) is 9.47 Å². The fraction of sp³-hybridized carbons (Fsp3) is 0.500. The zero-order chi connectivity index (χ0) is 14.5. The maximum Gasteiger partial charge on any atom is 0.328 e. The predicted molar refractivity (Wildman–Crippen MR) is 71.2 cm³/mol. The molecule has 6 heteroatoms. The fourth-order valence-electron chi connectivity index (χ4n) is 1.95. The molecule has 1 aromatic rings. The third-order valence-corrected chi connectivity index (χ3v) is 3.22. The topological polar surface area (TPSA) is 77.5 Å². The largest absolute Gasteiger partial charge is 0.481 e. The fourth-order valence-corrected chi connectivity index (χ4v) is 1.95. The molecule has 1 aliphatic carbocycles. The van der Waals surface area contributed by atoms with Gasteiger partial charge in [-0.25, -0.2) is 9.78 Å². The summed E-state index contributed by atoms with van der Waals surface area (Å²) in [5, 5.41) is 2.73. The Bertz CT molecular complexity index is 500. The Hall–Kier alpha value is -2.11. The van der Waals surface area contributed by atoms with E-state index in [1.54, 1.807) is 12.3 Å². The standard InChI is InChI=1S/C14H18N2O4/c1-19-13-10(4-3-7-15-13)8-11(14(18)20-2)16-12(17)9-5-6-9/h3-4,7,9,11H,5-6,8H2,1-2H3,(H,16,17)/t11-/m1/s1. The molecule has 0 radical (unpaired) electrons. The summed E-state index contributed by atoms with van der Waals surface area (Å²) < 4.78 is 9.89. The second-order valence-electron chi connectivity index (χ2n) is 4.73. The number of ether oxygens (including phenoxy) is 2. The van der Waals surface area contributed by atoms with Crippen molar-refractivity contribution < 1.29 is 19.1 Å². The molecule has 1 aromatic heterocycles. The first kappa shape index (κ1) is 14.3. The van der Waals surface area contributed by atoms with Crippen LogP contribution in [0.25, 0.3) is 0 Å². The molecule has 0 aromatic carbocycles. The van der Waals surface area contributed by atoms with Gasteiger partial charge >= 0.3 is 5.97 Å². The highest BCUT2D eigenvalue weighted by atomic mass is 16.5. The summed E-state index contributed by atoms with van der Waals surface area (Å²) in [7, 11) is 2.82. The third-order valence-electron chi connectivity index (χ3n) is 3.22. The molecule has 1 aliphatic rings. The number of nitrogens with one attached hydrogen (secondary N) is 1. The van der Waals surface area contributed by atoms with Crippen molar-refractivity contribution >= 4 is 11.9 Å². The quantitative estimate of drug-likeness (QED) is 0.775. The van der Waals surface area contributed by atoms with Gasteiger partial charge < -0.3 is 14.8 Å². The van der Waals surface area contributed by atoms with Gasteiger partial charge in [-0.15, -0.1) is 0 Å². The van der Waals surface area contributed by atoms with Crippen molar-refractivity contribution in [3.05, 3.63) is 23.9 Å². The zero-order valence-electron chi connectivity index (χ0n) is 11.6. The number of aromatic nitrogens is 1. The van der Waals surface area contributed by atoms with Gasteiger partial charge in [-0.05, 0) is 18.9 Å². The van der Waals surface area contributed by atoms with Crippen LogP contribution < -0.4 is 10.1 Å². The minimum Gasteiger partial charge on any atom is -0.481 e. The van der Waals surface area contributed by atoms with Crippen LogP contribution >= 0.6 is 0 Å². The summed E-state index contributed by atoms with van der Waals surface area (Å²) in [6.07, 6.45) is 3.67. The second-order valence-corrected chi connectivity index (χ2v) is 4.73. The van der Waals surface area contributed by atoms with E-state index in [-0.39, 0.29) is 11.8 Å². The summed E-state index contributed by atoms with van der Waals surface area (Å²) in [5.41, 5.74) is 0.751. The maximum absolute atomic E-state index is 11.8. The lowest BCUT2D eigenvalue weighted by Crippen LogP contribution is -2.43. The zero-order valence-corrected chi connectivity index (χ0v) is 11.6. The Labute approximate surface area is 117 Å². The van der Waals surface area contributed by atoms with Crippen molar-refractivity contribution in [2.45, 2.75) is 25.3 Å².